The number of aromatic nitrogens is 1. The van der Waals surface area contributed by atoms with Gasteiger partial charge in [-0.25, -0.2) is 0 Å². The molecule has 1 aliphatic rings. The second-order valence-corrected chi connectivity index (χ2v) is 6.01. The smallest absolute Gasteiger partial charge is 0.251 e. The fourth-order valence-electron chi connectivity index (χ4n) is 2.98. The van der Waals surface area contributed by atoms with E-state index in [4.69, 9.17) is 5.73 Å². The molecule has 3 rings (SSSR count). The Morgan fingerprint density at radius 2 is 2.00 bits per heavy atom. The maximum atomic E-state index is 12.3. The minimum absolute atomic E-state index is 0.0199. The maximum absolute atomic E-state index is 12.3. The van der Waals surface area contributed by atoms with E-state index in [1.54, 1.807) is 6.20 Å². The fourth-order valence-corrected chi connectivity index (χ4v) is 2.98. The molecule has 0 spiro atoms. The van der Waals surface area contributed by atoms with Crippen LogP contribution in [0.3, 0.4) is 0 Å². The van der Waals surface area contributed by atoms with Gasteiger partial charge in [0.05, 0.1) is 0 Å². The number of benzene rings is 1. The van der Waals surface area contributed by atoms with Gasteiger partial charge in [0.2, 0.25) is 0 Å². The summed E-state index contributed by atoms with van der Waals surface area (Å²) in [5.74, 6) is -0.0199. The Hall–Kier alpha value is -2.20. The molecule has 1 heterocycles. The van der Waals surface area contributed by atoms with Gasteiger partial charge in [0.25, 0.3) is 5.91 Å². The van der Waals surface area contributed by atoms with Crippen LogP contribution in [-0.4, -0.2) is 23.0 Å². The van der Waals surface area contributed by atoms with Crippen LogP contribution in [0.25, 0.3) is 11.1 Å². The molecule has 1 aromatic carbocycles. The van der Waals surface area contributed by atoms with Crippen LogP contribution in [-0.2, 0) is 0 Å². The van der Waals surface area contributed by atoms with Crippen LogP contribution in [0.1, 0.15) is 35.2 Å². The molecular weight excluding hydrogens is 274 g/mol. The van der Waals surface area contributed by atoms with Crippen molar-refractivity contribution in [2.45, 2.75) is 38.3 Å². The van der Waals surface area contributed by atoms with Gasteiger partial charge in [-0.2, -0.15) is 0 Å². The first-order valence-electron chi connectivity index (χ1n) is 7.71. The lowest BCUT2D eigenvalue weighted by atomic mass is 10.0. The highest BCUT2D eigenvalue weighted by molar-refractivity contribution is 5.94. The monoisotopic (exact) mass is 295 g/mol. The summed E-state index contributed by atoms with van der Waals surface area (Å²) in [6.07, 6.45) is 6.47. The van der Waals surface area contributed by atoms with E-state index in [2.05, 4.69) is 17.2 Å². The largest absolute Gasteiger partial charge is 0.349 e. The molecule has 114 valence electrons. The molecule has 0 saturated heterocycles. The fraction of sp³-hybridized carbons (Fsp3) is 0.333. The number of amides is 1. The Balaban J connectivity index is 1.71. The van der Waals surface area contributed by atoms with E-state index >= 15 is 0 Å². The zero-order valence-corrected chi connectivity index (χ0v) is 12.8. The number of carbonyl (C=O) groups is 1. The van der Waals surface area contributed by atoms with Gasteiger partial charge in [-0.1, -0.05) is 12.1 Å². The van der Waals surface area contributed by atoms with Crippen molar-refractivity contribution in [3.05, 3.63) is 53.9 Å². The second-order valence-electron chi connectivity index (χ2n) is 6.01. The quantitative estimate of drug-likeness (QED) is 0.914. The predicted octanol–water partition coefficient (Wildman–Crippen LogP) is 2.67. The van der Waals surface area contributed by atoms with E-state index in [-0.39, 0.29) is 18.0 Å². The first-order valence-corrected chi connectivity index (χ1v) is 7.71. The highest BCUT2D eigenvalue weighted by atomic mass is 16.1. The van der Waals surface area contributed by atoms with Crippen LogP contribution in [0.2, 0.25) is 0 Å². The molecule has 1 saturated carbocycles. The summed E-state index contributed by atoms with van der Waals surface area (Å²) in [4.78, 5) is 16.4. The molecule has 2 unspecified atom stereocenters. The minimum Gasteiger partial charge on any atom is -0.349 e. The van der Waals surface area contributed by atoms with Gasteiger partial charge in [-0.3, -0.25) is 9.78 Å². The third-order valence-electron chi connectivity index (χ3n) is 4.31. The van der Waals surface area contributed by atoms with Crippen LogP contribution in [0.15, 0.2) is 42.7 Å². The van der Waals surface area contributed by atoms with Gasteiger partial charge in [-0.15, -0.1) is 0 Å². The first-order chi connectivity index (χ1) is 10.6. The number of nitrogens with two attached hydrogens (primary N) is 1. The van der Waals surface area contributed by atoms with Gasteiger partial charge in [0, 0.05) is 35.6 Å². The van der Waals surface area contributed by atoms with Crippen LogP contribution in [0.5, 0.6) is 0 Å². The number of hydrogen-bond donors (Lipinski definition) is 2. The number of pyridine rings is 1. The summed E-state index contributed by atoms with van der Waals surface area (Å²) >= 11 is 0. The predicted molar refractivity (Wildman–Crippen MR) is 87.5 cm³/mol. The summed E-state index contributed by atoms with van der Waals surface area (Å²) in [7, 11) is 0. The molecule has 1 aromatic heterocycles. The molecule has 3 N–H and O–H groups in total. The van der Waals surface area contributed by atoms with Crippen LogP contribution in [0.4, 0.5) is 0 Å². The number of rotatable bonds is 3. The normalized spacial score (nSPS) is 20.8. The number of hydrogen-bond acceptors (Lipinski definition) is 3. The van der Waals surface area contributed by atoms with E-state index < -0.39 is 0 Å². The van der Waals surface area contributed by atoms with E-state index in [0.29, 0.717) is 5.56 Å². The van der Waals surface area contributed by atoms with E-state index in [1.807, 2.05) is 36.5 Å². The van der Waals surface area contributed by atoms with E-state index in [9.17, 15) is 4.79 Å². The third-order valence-corrected chi connectivity index (χ3v) is 4.31. The highest BCUT2D eigenvalue weighted by Crippen LogP contribution is 2.23. The number of carbonyl (C=O) groups excluding carboxylic acids is 1. The van der Waals surface area contributed by atoms with Gasteiger partial charge >= 0.3 is 0 Å². The highest BCUT2D eigenvalue weighted by Gasteiger charge is 2.23. The van der Waals surface area contributed by atoms with Gasteiger partial charge < -0.3 is 11.1 Å². The molecule has 2 aromatic rings. The lowest BCUT2D eigenvalue weighted by Gasteiger charge is -2.13. The van der Waals surface area contributed by atoms with E-state index in [0.717, 1.165) is 30.4 Å². The Morgan fingerprint density at radius 1 is 1.23 bits per heavy atom. The average Bonchev–Trinajstić information content (AvgIpc) is 2.93. The molecule has 4 nitrogen and oxygen atoms in total. The molecule has 1 aliphatic carbocycles. The zero-order chi connectivity index (χ0) is 15.5. The van der Waals surface area contributed by atoms with Gasteiger partial charge in [0.1, 0.15) is 0 Å². The Kier molecular flexibility index (Phi) is 4.20. The van der Waals surface area contributed by atoms with Crippen molar-refractivity contribution in [1.29, 1.82) is 0 Å². The molecule has 1 fully saturated rings. The molecule has 2 atom stereocenters. The summed E-state index contributed by atoms with van der Waals surface area (Å²) in [6, 6.07) is 10.1. The van der Waals surface area contributed by atoms with Crippen LogP contribution in [0, 0.1) is 6.92 Å². The third kappa shape index (κ3) is 3.17. The SMILES string of the molecule is Cc1ccncc1-c1ccc(C(=O)NC2CCC(N)C2)cc1. The lowest BCUT2D eigenvalue weighted by molar-refractivity contribution is 0.0937. The van der Waals surface area contributed by atoms with Gasteiger partial charge in [0.15, 0.2) is 0 Å². The average molecular weight is 295 g/mol. The zero-order valence-electron chi connectivity index (χ0n) is 12.8. The summed E-state index contributed by atoms with van der Waals surface area (Å²) < 4.78 is 0. The van der Waals surface area contributed by atoms with Crippen molar-refractivity contribution in [1.82, 2.24) is 10.3 Å². The van der Waals surface area contributed by atoms with Crippen molar-refractivity contribution in [3.8, 4) is 11.1 Å². The summed E-state index contributed by atoms with van der Waals surface area (Å²) in [6.45, 7) is 2.06. The van der Waals surface area contributed by atoms with Crippen molar-refractivity contribution >= 4 is 5.91 Å². The van der Waals surface area contributed by atoms with Crippen molar-refractivity contribution in [2.24, 2.45) is 5.73 Å². The first kappa shape index (κ1) is 14.7. The standard InChI is InChI=1S/C18H21N3O/c1-12-8-9-20-11-17(12)13-2-4-14(5-3-13)18(22)21-16-7-6-15(19)10-16/h2-5,8-9,11,15-16H,6-7,10,19H2,1H3,(H,21,22). The minimum atomic E-state index is -0.0199. The molecule has 1 amide bonds. The van der Waals surface area contributed by atoms with Crippen LogP contribution < -0.4 is 11.1 Å². The summed E-state index contributed by atoms with van der Waals surface area (Å²) in [5, 5.41) is 3.06. The second kappa shape index (κ2) is 6.28. The van der Waals surface area contributed by atoms with Crippen molar-refractivity contribution < 1.29 is 4.79 Å². The van der Waals surface area contributed by atoms with Crippen molar-refractivity contribution in [2.75, 3.05) is 0 Å². The Bertz CT molecular complexity index is 666. The molecule has 0 aliphatic heterocycles. The Labute approximate surface area is 130 Å². The van der Waals surface area contributed by atoms with Gasteiger partial charge in [-0.05, 0) is 55.5 Å². The Morgan fingerprint density at radius 3 is 2.64 bits per heavy atom. The molecule has 0 radical (unpaired) electrons. The molecular formula is C18H21N3O. The van der Waals surface area contributed by atoms with Crippen molar-refractivity contribution in [3.63, 3.8) is 0 Å². The number of aryl methyl sites for hydroxylation is 1. The topological polar surface area (TPSA) is 68.0 Å². The molecule has 4 heteroatoms. The molecule has 0 bridgehead atoms. The molecule has 22 heavy (non-hydrogen) atoms. The maximum Gasteiger partial charge on any atom is 0.251 e. The number of nitrogens with zero attached hydrogens (tertiary/aromatic N) is 1. The summed E-state index contributed by atoms with van der Waals surface area (Å²) in [5.41, 5.74) is 9.91. The lowest BCUT2D eigenvalue weighted by Crippen LogP contribution is -2.33. The van der Waals surface area contributed by atoms with E-state index in [1.165, 1.54) is 5.56 Å². The number of nitrogens with one attached hydrogen (secondary N) is 1. The van der Waals surface area contributed by atoms with Crippen LogP contribution >= 0.6 is 0 Å².